The topological polar surface area (TPSA) is 104 Å². The maximum atomic E-state index is 9.02. The van der Waals surface area contributed by atoms with Crippen LogP contribution in [-0.4, -0.2) is 31.0 Å². The number of hydrogen-bond donors (Lipinski definition) is 2. The molecule has 2 N–H and O–H groups in total. The van der Waals surface area contributed by atoms with E-state index >= 15 is 0 Å². The quantitative estimate of drug-likeness (QED) is 0.0793. The molecule has 7 rings (SSSR count). The maximum Gasteiger partial charge on any atom is 0.127 e. The molecule has 0 aliphatic carbocycles. The second-order valence-corrected chi connectivity index (χ2v) is 14.6. The van der Waals surface area contributed by atoms with Crippen LogP contribution in [0.1, 0.15) is 85.6 Å². The molecule has 0 bridgehead atoms. The predicted molar refractivity (Wildman–Crippen MR) is 235 cm³/mol. The van der Waals surface area contributed by atoms with Gasteiger partial charge in [-0.25, -0.2) is 9.97 Å². The Morgan fingerprint density at radius 1 is 0.695 bits per heavy atom. The molecule has 0 radical (unpaired) electrons. The van der Waals surface area contributed by atoms with E-state index in [4.69, 9.17) is 14.7 Å². The number of nitriles is 1. The Labute approximate surface area is 349 Å². The minimum Gasteiger partial charge on any atom is -0.457 e. The monoisotopic (exact) mass is 785 g/mol. The summed E-state index contributed by atoms with van der Waals surface area (Å²) in [6, 6.07) is 46.7. The highest BCUT2D eigenvalue weighted by atomic mass is 16.5. The van der Waals surface area contributed by atoms with Gasteiger partial charge in [0, 0.05) is 50.3 Å². The minimum absolute atomic E-state index is 0.328. The molecule has 0 saturated heterocycles. The van der Waals surface area contributed by atoms with Gasteiger partial charge in [-0.2, -0.15) is 5.26 Å². The van der Waals surface area contributed by atoms with Crippen LogP contribution in [0.3, 0.4) is 0 Å². The number of unbranched alkanes of at least 4 members (excludes halogenated alkanes) is 2. The van der Waals surface area contributed by atoms with Crippen molar-refractivity contribution in [2.75, 3.05) is 6.54 Å². The summed E-state index contributed by atoms with van der Waals surface area (Å²) in [5.74, 6) is 3.40. The van der Waals surface area contributed by atoms with E-state index in [1.165, 1.54) is 29.7 Å². The highest BCUT2D eigenvalue weighted by Gasteiger charge is 2.13. The van der Waals surface area contributed by atoms with Crippen LogP contribution in [0.15, 0.2) is 159 Å². The van der Waals surface area contributed by atoms with Crippen molar-refractivity contribution < 1.29 is 9.47 Å². The van der Waals surface area contributed by atoms with Gasteiger partial charge in [0.2, 0.25) is 0 Å². The third kappa shape index (κ3) is 13.9. The van der Waals surface area contributed by atoms with Crippen LogP contribution in [-0.2, 0) is 26.2 Å². The van der Waals surface area contributed by atoms with Crippen molar-refractivity contribution >= 4 is 0 Å². The molecular formula is C50H55N7O2. The minimum atomic E-state index is 0.328. The van der Waals surface area contributed by atoms with Crippen molar-refractivity contribution in [3.05, 3.63) is 192 Å². The number of nitrogens with zero attached hydrogens (tertiary/aromatic N) is 5. The SMILES string of the molecule is CCCCC(NCc1cnc[nH]1)c1ccc(Oc2ccccc2)cc1.CCCCN(Cc1ccc(Oc2ccccc2)cc1)Cc1cncn1Cc1ccc(C#N)cc1. The number of benzene rings is 5. The number of aromatic amines is 1. The van der Waals surface area contributed by atoms with Crippen molar-refractivity contribution in [1.29, 1.82) is 5.26 Å². The van der Waals surface area contributed by atoms with Crippen LogP contribution in [0.2, 0.25) is 0 Å². The lowest BCUT2D eigenvalue weighted by Crippen LogP contribution is -2.25. The summed E-state index contributed by atoms with van der Waals surface area (Å²) in [6.45, 7) is 8.71. The lowest BCUT2D eigenvalue weighted by Gasteiger charge is -2.23. The normalized spacial score (nSPS) is 11.4. The predicted octanol–water partition coefficient (Wildman–Crippen LogP) is 11.6. The molecule has 59 heavy (non-hydrogen) atoms. The van der Waals surface area contributed by atoms with Crippen LogP contribution in [0.5, 0.6) is 23.0 Å². The molecule has 2 heterocycles. The molecule has 9 nitrogen and oxygen atoms in total. The van der Waals surface area contributed by atoms with Gasteiger partial charge >= 0.3 is 0 Å². The van der Waals surface area contributed by atoms with Gasteiger partial charge in [0.1, 0.15) is 23.0 Å². The lowest BCUT2D eigenvalue weighted by atomic mass is 10.0. The van der Waals surface area contributed by atoms with Crippen LogP contribution in [0.4, 0.5) is 0 Å². The first-order valence-electron chi connectivity index (χ1n) is 20.6. The Morgan fingerprint density at radius 2 is 1.31 bits per heavy atom. The van der Waals surface area contributed by atoms with Crippen LogP contribution in [0, 0.1) is 11.3 Å². The average Bonchev–Trinajstić information content (AvgIpc) is 3.97. The Morgan fingerprint density at radius 3 is 1.90 bits per heavy atom. The zero-order valence-electron chi connectivity index (χ0n) is 34.2. The molecule has 302 valence electrons. The van der Waals surface area contributed by atoms with Gasteiger partial charge < -0.3 is 24.3 Å². The standard InChI is InChI=1S/C29H30N4O.C21H25N3O/c1-2-3-17-32(20-25-13-15-29(16-14-25)34-28-7-5-4-6-8-28)22-27-19-31-23-33(27)21-26-11-9-24(18-30)10-12-26;1-2-3-9-21(23-15-18-14-22-16-24-18)17-10-12-20(13-11-17)25-19-7-5-4-6-8-19/h4-16,19,23H,2-3,17,20-22H2,1H3;4-8,10-14,16,21,23H,2-3,9,15H2,1H3,(H,22,24). The summed E-state index contributed by atoms with van der Waals surface area (Å²) in [5.41, 5.74) is 6.67. The van der Waals surface area contributed by atoms with E-state index in [1.807, 2.05) is 128 Å². The fraction of sp³-hybridized carbons (Fsp3) is 0.260. The smallest absolute Gasteiger partial charge is 0.127 e. The summed E-state index contributed by atoms with van der Waals surface area (Å²) in [6.07, 6.45) is 13.2. The van der Waals surface area contributed by atoms with Gasteiger partial charge in [-0.05, 0) is 96.7 Å². The van der Waals surface area contributed by atoms with Crippen LogP contribution >= 0.6 is 0 Å². The number of H-pyrrole nitrogens is 1. The van der Waals surface area contributed by atoms with E-state index in [0.29, 0.717) is 11.6 Å². The highest BCUT2D eigenvalue weighted by molar-refractivity contribution is 5.35. The summed E-state index contributed by atoms with van der Waals surface area (Å²) in [5, 5.41) is 12.7. The lowest BCUT2D eigenvalue weighted by molar-refractivity contribution is 0.246. The number of hydrogen-bond acceptors (Lipinski definition) is 7. The Hall–Kier alpha value is -6.47. The first kappa shape index (κ1) is 42.1. The van der Waals surface area contributed by atoms with Gasteiger partial charge in [-0.3, -0.25) is 4.90 Å². The molecule has 9 heteroatoms. The van der Waals surface area contributed by atoms with Gasteiger partial charge in [-0.1, -0.05) is 106 Å². The molecule has 1 atom stereocenters. The molecule has 0 aliphatic rings. The average molecular weight is 786 g/mol. The zero-order valence-corrected chi connectivity index (χ0v) is 34.2. The largest absolute Gasteiger partial charge is 0.457 e. The first-order valence-corrected chi connectivity index (χ1v) is 20.6. The summed E-state index contributed by atoms with van der Waals surface area (Å²) in [4.78, 5) is 14.1. The first-order chi connectivity index (χ1) is 29.1. The Kier molecular flexibility index (Phi) is 16.5. The number of rotatable bonds is 20. The van der Waals surface area contributed by atoms with Gasteiger partial charge in [0.05, 0.1) is 30.0 Å². The Balaban J connectivity index is 0.000000208. The van der Waals surface area contributed by atoms with Crippen molar-refractivity contribution in [3.63, 3.8) is 0 Å². The van der Waals surface area contributed by atoms with E-state index in [2.05, 4.69) is 73.9 Å². The van der Waals surface area contributed by atoms with Crippen LogP contribution < -0.4 is 14.8 Å². The molecule has 0 spiro atoms. The molecular weight excluding hydrogens is 731 g/mol. The molecule has 5 aromatic carbocycles. The van der Waals surface area contributed by atoms with E-state index < -0.39 is 0 Å². The molecule has 0 fully saturated rings. The summed E-state index contributed by atoms with van der Waals surface area (Å²) >= 11 is 0. The van der Waals surface area contributed by atoms with Crippen molar-refractivity contribution in [2.24, 2.45) is 0 Å². The molecule has 0 aliphatic heterocycles. The number of imidazole rings is 2. The summed E-state index contributed by atoms with van der Waals surface area (Å²) in [7, 11) is 0. The van der Waals surface area contributed by atoms with E-state index in [9.17, 15) is 0 Å². The Bertz CT molecular complexity index is 2230. The van der Waals surface area contributed by atoms with Crippen molar-refractivity contribution in [3.8, 4) is 29.1 Å². The fourth-order valence-corrected chi connectivity index (χ4v) is 6.68. The molecule has 2 aromatic heterocycles. The highest BCUT2D eigenvalue weighted by Crippen LogP contribution is 2.26. The second kappa shape index (κ2) is 23.1. The van der Waals surface area contributed by atoms with Crippen molar-refractivity contribution in [2.45, 2.75) is 78.2 Å². The summed E-state index contributed by atoms with van der Waals surface area (Å²) < 4.78 is 14.0. The second-order valence-electron chi connectivity index (χ2n) is 14.6. The molecule has 7 aromatic rings. The van der Waals surface area contributed by atoms with Gasteiger partial charge in [0.25, 0.3) is 0 Å². The van der Waals surface area contributed by atoms with Crippen LogP contribution in [0.25, 0.3) is 0 Å². The third-order valence-corrected chi connectivity index (χ3v) is 9.96. The van der Waals surface area contributed by atoms with E-state index in [0.717, 1.165) is 86.2 Å². The maximum absolute atomic E-state index is 9.02. The van der Waals surface area contributed by atoms with Crippen molar-refractivity contribution in [1.82, 2.24) is 29.7 Å². The van der Waals surface area contributed by atoms with Gasteiger partial charge in [-0.15, -0.1) is 0 Å². The molecule has 0 amide bonds. The van der Waals surface area contributed by atoms with E-state index in [-0.39, 0.29) is 0 Å². The number of para-hydroxylation sites is 2. The zero-order chi connectivity index (χ0) is 40.9. The fourth-order valence-electron chi connectivity index (χ4n) is 6.68. The van der Waals surface area contributed by atoms with E-state index in [1.54, 1.807) is 6.33 Å². The molecule has 1 unspecified atom stereocenters. The van der Waals surface area contributed by atoms with Gasteiger partial charge in [0.15, 0.2) is 0 Å². The molecule has 0 saturated carbocycles. The number of aromatic nitrogens is 4. The third-order valence-electron chi connectivity index (χ3n) is 9.96. The number of ether oxygens (including phenoxy) is 2. The number of nitrogens with one attached hydrogen (secondary N) is 2.